The summed E-state index contributed by atoms with van der Waals surface area (Å²) in [5.41, 5.74) is 2.09. The van der Waals surface area contributed by atoms with Gasteiger partial charge in [0.25, 0.3) is 0 Å². The summed E-state index contributed by atoms with van der Waals surface area (Å²) < 4.78 is 6.07. The van der Waals surface area contributed by atoms with Gasteiger partial charge in [0.2, 0.25) is 0 Å². The molecule has 5 nitrogen and oxygen atoms in total. The Balaban J connectivity index is 2.02. The highest BCUT2D eigenvalue weighted by Gasteiger charge is 2.10. The highest BCUT2D eigenvalue weighted by molar-refractivity contribution is 14.1. The lowest BCUT2D eigenvalue weighted by Gasteiger charge is -2.05. The maximum Gasteiger partial charge on any atom is 0.358 e. The van der Waals surface area contributed by atoms with Crippen LogP contribution in [0.15, 0.2) is 28.8 Å². The van der Waals surface area contributed by atoms with Crippen LogP contribution in [0.3, 0.4) is 0 Å². The molecule has 0 aliphatic rings. The molecule has 0 saturated carbocycles. The van der Waals surface area contributed by atoms with E-state index in [1.807, 2.05) is 25.1 Å². The monoisotopic (exact) mass is 358 g/mol. The highest BCUT2D eigenvalue weighted by Crippen LogP contribution is 2.17. The number of aromatic carboxylic acids is 1. The van der Waals surface area contributed by atoms with E-state index in [4.69, 9.17) is 9.63 Å². The smallest absolute Gasteiger partial charge is 0.358 e. The van der Waals surface area contributed by atoms with Gasteiger partial charge in [0.15, 0.2) is 11.5 Å². The maximum absolute atomic E-state index is 10.6. The number of benzene rings is 1. The number of carboxylic acids is 1. The van der Waals surface area contributed by atoms with E-state index in [0.717, 1.165) is 5.69 Å². The molecule has 0 spiro atoms. The number of rotatable bonds is 4. The highest BCUT2D eigenvalue weighted by atomic mass is 127. The molecule has 2 aromatic rings. The lowest BCUT2D eigenvalue weighted by Crippen LogP contribution is -1.99. The molecular weight excluding hydrogens is 347 g/mol. The number of carbonyl (C=O) groups is 1. The van der Waals surface area contributed by atoms with Gasteiger partial charge in [-0.2, -0.15) is 0 Å². The van der Waals surface area contributed by atoms with Gasteiger partial charge in [-0.3, -0.25) is 0 Å². The molecule has 0 unspecified atom stereocenters. The van der Waals surface area contributed by atoms with E-state index in [-0.39, 0.29) is 5.69 Å². The summed E-state index contributed by atoms with van der Waals surface area (Å²) >= 11 is 2.26. The normalized spacial score (nSPS) is 10.3. The summed E-state index contributed by atoms with van der Waals surface area (Å²) in [6, 6.07) is 7.41. The Hall–Kier alpha value is -1.57. The van der Waals surface area contributed by atoms with E-state index in [9.17, 15) is 4.79 Å². The van der Waals surface area contributed by atoms with Crippen LogP contribution < -0.4 is 5.32 Å². The van der Waals surface area contributed by atoms with Crippen LogP contribution in [0.5, 0.6) is 0 Å². The van der Waals surface area contributed by atoms with Crippen molar-refractivity contribution in [3.05, 3.63) is 44.9 Å². The third-order valence-corrected chi connectivity index (χ3v) is 3.58. The molecule has 0 saturated heterocycles. The second kappa shape index (κ2) is 5.38. The molecule has 1 aromatic carbocycles. The second-order valence-corrected chi connectivity index (χ2v) is 4.96. The SMILES string of the molecule is Cc1ccc(NCc2cc(C(=O)O)no2)cc1I. The summed E-state index contributed by atoms with van der Waals surface area (Å²) in [4.78, 5) is 10.6. The summed E-state index contributed by atoms with van der Waals surface area (Å²) in [5, 5.41) is 15.3. The van der Waals surface area contributed by atoms with E-state index in [2.05, 4.69) is 33.1 Å². The van der Waals surface area contributed by atoms with Crippen LogP contribution in [0.25, 0.3) is 0 Å². The molecule has 0 aliphatic heterocycles. The fraction of sp³-hybridized carbons (Fsp3) is 0.167. The Labute approximate surface area is 117 Å². The zero-order valence-electron chi connectivity index (χ0n) is 9.61. The molecule has 0 atom stereocenters. The van der Waals surface area contributed by atoms with Crippen LogP contribution in [0.2, 0.25) is 0 Å². The number of nitrogens with one attached hydrogen (secondary N) is 1. The Morgan fingerprint density at radius 3 is 2.89 bits per heavy atom. The van der Waals surface area contributed by atoms with Crippen molar-refractivity contribution >= 4 is 34.2 Å². The molecule has 0 amide bonds. The van der Waals surface area contributed by atoms with Crippen LogP contribution >= 0.6 is 22.6 Å². The molecule has 2 N–H and O–H groups in total. The number of anilines is 1. The average molecular weight is 358 g/mol. The largest absolute Gasteiger partial charge is 0.476 e. The van der Waals surface area contributed by atoms with Gasteiger partial charge in [0.05, 0.1) is 6.54 Å². The van der Waals surface area contributed by atoms with Crippen molar-refractivity contribution in [3.8, 4) is 0 Å². The van der Waals surface area contributed by atoms with Gasteiger partial charge in [-0.25, -0.2) is 4.79 Å². The predicted molar refractivity (Wildman–Crippen MR) is 74.7 cm³/mol. The molecule has 0 bridgehead atoms. The molecule has 94 valence electrons. The first-order chi connectivity index (χ1) is 8.56. The van der Waals surface area contributed by atoms with Gasteiger partial charge in [-0.1, -0.05) is 11.2 Å². The van der Waals surface area contributed by atoms with Gasteiger partial charge >= 0.3 is 5.97 Å². The third-order valence-electron chi connectivity index (χ3n) is 2.42. The minimum Gasteiger partial charge on any atom is -0.476 e. The molecule has 1 heterocycles. The molecule has 18 heavy (non-hydrogen) atoms. The van der Waals surface area contributed by atoms with E-state index >= 15 is 0 Å². The van der Waals surface area contributed by atoms with Crippen molar-refractivity contribution in [2.24, 2.45) is 0 Å². The van der Waals surface area contributed by atoms with E-state index in [0.29, 0.717) is 12.3 Å². The van der Waals surface area contributed by atoms with Gasteiger partial charge in [-0.15, -0.1) is 0 Å². The fourth-order valence-corrected chi connectivity index (χ4v) is 1.90. The molecule has 0 aliphatic carbocycles. The van der Waals surface area contributed by atoms with Crippen LogP contribution in [-0.4, -0.2) is 16.2 Å². The van der Waals surface area contributed by atoms with Crippen LogP contribution in [-0.2, 0) is 6.54 Å². The van der Waals surface area contributed by atoms with Gasteiger partial charge in [0, 0.05) is 15.3 Å². The molecule has 2 rings (SSSR count). The lowest BCUT2D eigenvalue weighted by molar-refractivity contribution is 0.0685. The number of carboxylic acid groups (broad SMARTS) is 1. The van der Waals surface area contributed by atoms with Crippen LogP contribution in [0.1, 0.15) is 21.8 Å². The first-order valence-electron chi connectivity index (χ1n) is 5.25. The number of nitrogens with zero attached hydrogens (tertiary/aromatic N) is 1. The lowest BCUT2D eigenvalue weighted by atomic mass is 10.2. The molecule has 0 radical (unpaired) electrons. The molecular formula is C12H11IN2O3. The number of aromatic nitrogens is 1. The van der Waals surface area contributed by atoms with Crippen LogP contribution in [0, 0.1) is 10.5 Å². The third kappa shape index (κ3) is 3.00. The van der Waals surface area contributed by atoms with Crippen molar-refractivity contribution in [2.75, 3.05) is 5.32 Å². The average Bonchev–Trinajstić information content (AvgIpc) is 2.79. The van der Waals surface area contributed by atoms with Crippen molar-refractivity contribution in [2.45, 2.75) is 13.5 Å². The first kappa shape index (κ1) is 12.9. The standard InChI is InChI=1S/C12H11IN2O3/c1-7-2-3-8(4-10(7)13)14-6-9-5-11(12(16)17)15-18-9/h2-5,14H,6H2,1H3,(H,16,17). The number of halogens is 1. The topological polar surface area (TPSA) is 75.4 Å². The van der Waals surface area contributed by atoms with Crippen molar-refractivity contribution in [3.63, 3.8) is 0 Å². The minimum absolute atomic E-state index is 0.0784. The summed E-state index contributed by atoms with van der Waals surface area (Å²) in [7, 11) is 0. The zero-order valence-corrected chi connectivity index (χ0v) is 11.8. The number of aryl methyl sites for hydroxylation is 1. The fourth-order valence-electron chi connectivity index (χ4n) is 1.39. The van der Waals surface area contributed by atoms with Gasteiger partial charge in [0.1, 0.15) is 0 Å². The minimum atomic E-state index is -1.09. The Morgan fingerprint density at radius 2 is 2.28 bits per heavy atom. The Kier molecular flexibility index (Phi) is 3.85. The van der Waals surface area contributed by atoms with Gasteiger partial charge < -0.3 is 14.9 Å². The van der Waals surface area contributed by atoms with Crippen molar-refractivity contribution in [1.82, 2.24) is 5.16 Å². The number of hydrogen-bond acceptors (Lipinski definition) is 4. The summed E-state index contributed by atoms with van der Waals surface area (Å²) in [5.74, 6) is -0.599. The molecule has 1 aromatic heterocycles. The van der Waals surface area contributed by atoms with E-state index < -0.39 is 5.97 Å². The first-order valence-corrected chi connectivity index (χ1v) is 6.33. The maximum atomic E-state index is 10.6. The summed E-state index contributed by atoms with van der Waals surface area (Å²) in [6.07, 6.45) is 0. The van der Waals surface area contributed by atoms with Crippen LogP contribution in [0.4, 0.5) is 5.69 Å². The Morgan fingerprint density at radius 1 is 1.50 bits per heavy atom. The predicted octanol–water partition coefficient (Wildman–Crippen LogP) is 2.90. The molecule has 6 heteroatoms. The summed E-state index contributed by atoms with van der Waals surface area (Å²) in [6.45, 7) is 2.45. The van der Waals surface area contributed by atoms with E-state index in [1.165, 1.54) is 15.2 Å². The molecule has 0 fully saturated rings. The number of hydrogen-bond donors (Lipinski definition) is 2. The van der Waals surface area contributed by atoms with Crippen molar-refractivity contribution in [1.29, 1.82) is 0 Å². The van der Waals surface area contributed by atoms with Crippen molar-refractivity contribution < 1.29 is 14.4 Å². The zero-order chi connectivity index (χ0) is 13.1. The van der Waals surface area contributed by atoms with E-state index in [1.54, 1.807) is 0 Å². The van der Waals surface area contributed by atoms with Gasteiger partial charge in [-0.05, 0) is 47.2 Å². The Bertz CT molecular complexity index is 580. The quantitative estimate of drug-likeness (QED) is 0.823. The second-order valence-electron chi connectivity index (χ2n) is 3.80.